The minimum Gasteiger partial charge on any atom is -0.492 e. The van der Waals surface area contributed by atoms with E-state index in [1.807, 2.05) is 34.6 Å². The summed E-state index contributed by atoms with van der Waals surface area (Å²) < 4.78 is 5.53. The van der Waals surface area contributed by atoms with Crippen molar-refractivity contribution >= 4 is 45.4 Å². The third-order valence-corrected chi connectivity index (χ3v) is 4.92. The van der Waals surface area contributed by atoms with Crippen LogP contribution >= 0.6 is 22.9 Å². The fourth-order valence-corrected chi connectivity index (χ4v) is 3.26. The van der Waals surface area contributed by atoms with Crippen molar-refractivity contribution in [2.75, 3.05) is 17.2 Å². The van der Waals surface area contributed by atoms with Crippen LogP contribution in [0.4, 0.5) is 10.7 Å². The maximum atomic E-state index is 12.7. The summed E-state index contributed by atoms with van der Waals surface area (Å²) in [5, 5.41) is 6.84. The van der Waals surface area contributed by atoms with E-state index in [0.29, 0.717) is 32.9 Å². The van der Waals surface area contributed by atoms with Gasteiger partial charge in [0.05, 0.1) is 22.2 Å². The predicted molar refractivity (Wildman–Crippen MR) is 108 cm³/mol. The number of amides is 2. The zero-order chi connectivity index (χ0) is 19.5. The third kappa shape index (κ3) is 4.99. The van der Waals surface area contributed by atoms with Crippen molar-refractivity contribution in [3.63, 3.8) is 0 Å². The Bertz CT molecular complexity index is 825. The number of hydrogen-bond donors (Lipinski definition) is 2. The summed E-state index contributed by atoms with van der Waals surface area (Å²) in [7, 11) is 0. The van der Waals surface area contributed by atoms with Gasteiger partial charge in [0, 0.05) is 10.4 Å². The second-order valence-corrected chi connectivity index (χ2v) is 8.34. The highest BCUT2D eigenvalue weighted by Crippen LogP contribution is 2.32. The standard InChI is InChI=1S/C19H23ClN2O3S/c1-6-25-14-8-7-12(20)10-13(14)21-17(23)16-11(2)9-15(26-16)22-18(24)19(3,4)5/h7-10H,6H2,1-5H3,(H,21,23)(H,22,24). The van der Waals surface area contributed by atoms with Gasteiger partial charge in [-0.2, -0.15) is 0 Å². The van der Waals surface area contributed by atoms with Gasteiger partial charge in [0.1, 0.15) is 5.75 Å². The molecule has 0 radical (unpaired) electrons. The maximum absolute atomic E-state index is 12.7. The van der Waals surface area contributed by atoms with Crippen molar-refractivity contribution < 1.29 is 14.3 Å². The molecule has 7 heteroatoms. The normalized spacial score (nSPS) is 11.2. The second-order valence-electron chi connectivity index (χ2n) is 6.85. The molecule has 1 heterocycles. The van der Waals surface area contributed by atoms with E-state index in [9.17, 15) is 9.59 Å². The van der Waals surface area contributed by atoms with Gasteiger partial charge in [0.2, 0.25) is 5.91 Å². The average molecular weight is 395 g/mol. The summed E-state index contributed by atoms with van der Waals surface area (Å²) in [6, 6.07) is 6.87. The van der Waals surface area contributed by atoms with Crippen LogP contribution in [0.2, 0.25) is 5.02 Å². The van der Waals surface area contributed by atoms with Crippen LogP contribution in [0, 0.1) is 12.3 Å². The number of aryl methyl sites for hydroxylation is 1. The highest BCUT2D eigenvalue weighted by molar-refractivity contribution is 7.18. The van der Waals surface area contributed by atoms with Gasteiger partial charge < -0.3 is 15.4 Å². The predicted octanol–water partition coefficient (Wildman–Crippen LogP) is 5.35. The van der Waals surface area contributed by atoms with Gasteiger partial charge in [-0.3, -0.25) is 9.59 Å². The summed E-state index contributed by atoms with van der Waals surface area (Å²) in [6.07, 6.45) is 0. The van der Waals surface area contributed by atoms with Gasteiger partial charge in [-0.05, 0) is 43.7 Å². The zero-order valence-electron chi connectivity index (χ0n) is 15.5. The van der Waals surface area contributed by atoms with Gasteiger partial charge >= 0.3 is 0 Å². The number of ether oxygens (including phenoxy) is 1. The van der Waals surface area contributed by atoms with E-state index >= 15 is 0 Å². The van der Waals surface area contributed by atoms with E-state index in [-0.39, 0.29) is 11.8 Å². The molecule has 0 aliphatic heterocycles. The molecule has 5 nitrogen and oxygen atoms in total. The summed E-state index contributed by atoms with van der Waals surface area (Å²) in [5.74, 6) is 0.187. The Morgan fingerprint density at radius 1 is 1.19 bits per heavy atom. The molecule has 0 saturated carbocycles. The van der Waals surface area contributed by atoms with Crippen LogP contribution in [0.1, 0.15) is 42.9 Å². The van der Waals surface area contributed by atoms with Gasteiger partial charge in [-0.15, -0.1) is 11.3 Å². The molecule has 0 aliphatic rings. The molecular formula is C19H23ClN2O3S. The Balaban J connectivity index is 2.21. The van der Waals surface area contributed by atoms with Gasteiger partial charge in [0.25, 0.3) is 5.91 Å². The Morgan fingerprint density at radius 3 is 2.50 bits per heavy atom. The topological polar surface area (TPSA) is 67.4 Å². The van der Waals surface area contributed by atoms with E-state index in [1.165, 1.54) is 11.3 Å². The number of carbonyl (C=O) groups is 2. The van der Waals surface area contributed by atoms with Gasteiger partial charge in [-0.1, -0.05) is 32.4 Å². The third-order valence-electron chi connectivity index (χ3n) is 3.53. The zero-order valence-corrected chi connectivity index (χ0v) is 17.1. The second kappa shape index (κ2) is 8.10. The highest BCUT2D eigenvalue weighted by Gasteiger charge is 2.23. The lowest BCUT2D eigenvalue weighted by Crippen LogP contribution is -2.27. The first-order valence-corrected chi connectivity index (χ1v) is 9.47. The first kappa shape index (κ1) is 20.3. The van der Waals surface area contributed by atoms with Crippen molar-refractivity contribution in [3.05, 3.63) is 39.7 Å². The molecule has 26 heavy (non-hydrogen) atoms. The van der Waals surface area contributed by atoms with Crippen LogP contribution in [0.15, 0.2) is 24.3 Å². The SMILES string of the molecule is CCOc1ccc(Cl)cc1NC(=O)c1sc(NC(=O)C(C)(C)C)cc1C. The molecule has 0 atom stereocenters. The molecular weight excluding hydrogens is 372 g/mol. The molecule has 0 fully saturated rings. The maximum Gasteiger partial charge on any atom is 0.266 e. The molecule has 0 unspecified atom stereocenters. The van der Waals surface area contributed by atoms with Crippen LogP contribution in [0.5, 0.6) is 5.75 Å². The number of nitrogens with one attached hydrogen (secondary N) is 2. The van der Waals surface area contributed by atoms with Crippen molar-refractivity contribution in [3.8, 4) is 5.75 Å². The Hall–Kier alpha value is -2.05. The monoisotopic (exact) mass is 394 g/mol. The van der Waals surface area contributed by atoms with Crippen LogP contribution in [0.25, 0.3) is 0 Å². The van der Waals surface area contributed by atoms with E-state index in [4.69, 9.17) is 16.3 Å². The molecule has 2 rings (SSSR count). The molecule has 2 aromatic rings. The number of thiophene rings is 1. The van der Waals surface area contributed by atoms with Crippen LogP contribution in [0.3, 0.4) is 0 Å². The number of halogens is 1. The minimum atomic E-state index is -0.506. The van der Waals surface area contributed by atoms with Crippen molar-refractivity contribution in [1.82, 2.24) is 0 Å². The van der Waals surface area contributed by atoms with Crippen LogP contribution in [-0.4, -0.2) is 18.4 Å². The fourth-order valence-electron chi connectivity index (χ4n) is 2.13. The van der Waals surface area contributed by atoms with Gasteiger partial charge in [-0.25, -0.2) is 0 Å². The Morgan fingerprint density at radius 2 is 1.88 bits per heavy atom. The summed E-state index contributed by atoms with van der Waals surface area (Å²) in [5.41, 5.74) is 0.794. The molecule has 0 saturated heterocycles. The first-order valence-electron chi connectivity index (χ1n) is 8.27. The number of carbonyl (C=O) groups excluding carboxylic acids is 2. The lowest BCUT2D eigenvalue weighted by atomic mass is 9.96. The lowest BCUT2D eigenvalue weighted by molar-refractivity contribution is -0.123. The molecule has 0 bridgehead atoms. The molecule has 1 aromatic carbocycles. The van der Waals surface area contributed by atoms with Gasteiger partial charge in [0.15, 0.2) is 0 Å². The van der Waals surface area contributed by atoms with E-state index in [1.54, 1.807) is 24.3 Å². The molecule has 2 N–H and O–H groups in total. The molecule has 1 aromatic heterocycles. The summed E-state index contributed by atoms with van der Waals surface area (Å²) in [4.78, 5) is 25.3. The number of anilines is 2. The fraction of sp³-hybridized carbons (Fsp3) is 0.368. The van der Waals surface area contributed by atoms with Crippen molar-refractivity contribution in [2.45, 2.75) is 34.6 Å². The first-order chi connectivity index (χ1) is 12.1. The van der Waals surface area contributed by atoms with Crippen molar-refractivity contribution in [2.24, 2.45) is 5.41 Å². The largest absolute Gasteiger partial charge is 0.492 e. The lowest BCUT2D eigenvalue weighted by Gasteiger charge is -2.16. The van der Waals surface area contributed by atoms with Crippen LogP contribution < -0.4 is 15.4 Å². The molecule has 140 valence electrons. The van der Waals surface area contributed by atoms with E-state index in [2.05, 4.69) is 10.6 Å². The van der Waals surface area contributed by atoms with Crippen LogP contribution in [-0.2, 0) is 4.79 Å². The smallest absolute Gasteiger partial charge is 0.266 e. The van der Waals surface area contributed by atoms with Crippen molar-refractivity contribution in [1.29, 1.82) is 0 Å². The summed E-state index contributed by atoms with van der Waals surface area (Å²) >= 11 is 7.27. The quantitative estimate of drug-likeness (QED) is 0.718. The van der Waals surface area contributed by atoms with E-state index in [0.717, 1.165) is 5.56 Å². The van der Waals surface area contributed by atoms with E-state index < -0.39 is 5.41 Å². The molecule has 0 spiro atoms. The Kier molecular flexibility index (Phi) is 6.31. The Labute approximate surface area is 162 Å². The minimum absolute atomic E-state index is 0.0980. The number of hydrogen-bond acceptors (Lipinski definition) is 4. The molecule has 2 amide bonds. The number of rotatable bonds is 5. The highest BCUT2D eigenvalue weighted by atomic mass is 35.5. The summed E-state index contributed by atoms with van der Waals surface area (Å²) in [6.45, 7) is 9.69. The average Bonchev–Trinajstić information content (AvgIpc) is 2.89. The molecule has 0 aliphatic carbocycles. The number of benzene rings is 1.